The number of benzene rings is 1. The molecule has 0 unspecified atom stereocenters. The molecule has 0 heterocycles. The van der Waals surface area contributed by atoms with Crippen LogP contribution in [0.1, 0.15) is 25.3 Å². The molecule has 23 heavy (non-hydrogen) atoms. The van der Waals surface area contributed by atoms with Gasteiger partial charge in [-0.2, -0.15) is 0 Å². The summed E-state index contributed by atoms with van der Waals surface area (Å²) in [6, 6.07) is 4.69. The lowest BCUT2D eigenvalue weighted by molar-refractivity contribution is 0.600. The lowest BCUT2D eigenvalue weighted by Gasteiger charge is -2.11. The molecule has 0 aromatic heterocycles. The third-order valence-corrected chi connectivity index (χ3v) is 4.60. The molecule has 0 aliphatic heterocycles. The maximum Gasteiger partial charge on any atom is 0.234 e. The molecule has 0 saturated heterocycles. The number of nitrogens with one attached hydrogen (secondary N) is 3. The Morgan fingerprint density at radius 1 is 1.39 bits per heavy atom. The van der Waals surface area contributed by atoms with Gasteiger partial charge in [0.05, 0.1) is 18.0 Å². The van der Waals surface area contributed by atoms with Gasteiger partial charge in [-0.3, -0.25) is 9.71 Å². The van der Waals surface area contributed by atoms with E-state index >= 15 is 0 Å². The van der Waals surface area contributed by atoms with E-state index in [2.05, 4.69) is 20.3 Å². The number of aryl methyl sites for hydroxylation is 1. The quantitative estimate of drug-likeness (QED) is 0.519. The molecule has 3 N–H and O–H groups in total. The van der Waals surface area contributed by atoms with Crippen LogP contribution >= 0.6 is 0 Å². The zero-order valence-electron chi connectivity index (χ0n) is 13.4. The van der Waals surface area contributed by atoms with Gasteiger partial charge in [0.2, 0.25) is 10.0 Å². The average Bonchev–Trinajstić information content (AvgIpc) is 3.26. The smallest absolute Gasteiger partial charge is 0.234 e. The summed E-state index contributed by atoms with van der Waals surface area (Å²) >= 11 is 0. The molecular weight excluding hydrogens is 319 g/mol. The van der Waals surface area contributed by atoms with Crippen LogP contribution in [0.3, 0.4) is 0 Å². The first-order chi connectivity index (χ1) is 10.9. The van der Waals surface area contributed by atoms with Crippen LogP contribution in [-0.2, 0) is 10.0 Å². The fourth-order valence-electron chi connectivity index (χ4n) is 1.91. The Morgan fingerprint density at radius 2 is 2.13 bits per heavy atom. The molecule has 1 fully saturated rings. The minimum atomic E-state index is -3.57. The van der Waals surface area contributed by atoms with Gasteiger partial charge in [0, 0.05) is 12.6 Å². The van der Waals surface area contributed by atoms with Crippen molar-refractivity contribution >= 4 is 21.7 Å². The first-order valence-electron chi connectivity index (χ1n) is 7.71. The zero-order chi connectivity index (χ0) is 16.9. The zero-order valence-corrected chi connectivity index (χ0v) is 14.2. The Bertz CT molecular complexity index is 672. The Hall–Kier alpha value is -1.83. The van der Waals surface area contributed by atoms with E-state index in [1.807, 2.05) is 6.92 Å². The van der Waals surface area contributed by atoms with Crippen LogP contribution in [0.4, 0.5) is 10.1 Å². The Labute approximate surface area is 136 Å². The standard InChI is InChI=1S/C15H23FN4O2S/c1-3-17-15(19-12-6-7-12)18-8-9-23(21,22)20-13-5-4-11(2)14(16)10-13/h4-5,10,12,20H,3,6-9H2,1-2H3,(H2,17,18,19). The molecule has 0 atom stereocenters. The van der Waals surface area contributed by atoms with E-state index in [1.54, 1.807) is 6.92 Å². The van der Waals surface area contributed by atoms with E-state index < -0.39 is 15.8 Å². The van der Waals surface area contributed by atoms with Crippen LogP contribution in [0.25, 0.3) is 0 Å². The van der Waals surface area contributed by atoms with Crippen LogP contribution in [-0.4, -0.2) is 39.3 Å². The summed E-state index contributed by atoms with van der Waals surface area (Å²) in [4.78, 5) is 4.25. The van der Waals surface area contributed by atoms with Crippen molar-refractivity contribution in [1.29, 1.82) is 0 Å². The molecule has 8 heteroatoms. The predicted octanol–water partition coefficient (Wildman–Crippen LogP) is 1.59. The van der Waals surface area contributed by atoms with Gasteiger partial charge in [-0.1, -0.05) is 6.07 Å². The van der Waals surface area contributed by atoms with Crippen LogP contribution in [0.15, 0.2) is 23.2 Å². The van der Waals surface area contributed by atoms with Crippen LogP contribution in [0.5, 0.6) is 0 Å². The number of hydrogen-bond donors (Lipinski definition) is 3. The highest BCUT2D eigenvalue weighted by Gasteiger charge is 2.22. The van der Waals surface area contributed by atoms with Crippen molar-refractivity contribution in [3.05, 3.63) is 29.6 Å². The second kappa shape index (κ2) is 7.63. The summed E-state index contributed by atoms with van der Waals surface area (Å²) in [5, 5.41) is 6.29. The number of guanidine groups is 1. The van der Waals surface area contributed by atoms with Gasteiger partial charge in [-0.25, -0.2) is 12.8 Å². The first kappa shape index (κ1) is 17.5. The number of rotatable bonds is 7. The van der Waals surface area contributed by atoms with Crippen molar-refractivity contribution in [2.75, 3.05) is 23.6 Å². The van der Waals surface area contributed by atoms with Gasteiger partial charge < -0.3 is 10.6 Å². The number of aliphatic imine (C=N–C) groups is 1. The summed E-state index contributed by atoms with van der Waals surface area (Å²) < 4.78 is 39.9. The molecule has 1 aromatic rings. The van der Waals surface area contributed by atoms with E-state index in [-0.39, 0.29) is 18.0 Å². The summed E-state index contributed by atoms with van der Waals surface area (Å²) in [7, 11) is -3.57. The number of halogens is 1. The second-order valence-corrected chi connectivity index (χ2v) is 7.41. The molecule has 1 aromatic carbocycles. The third kappa shape index (κ3) is 6.05. The molecule has 2 rings (SSSR count). The minimum Gasteiger partial charge on any atom is -0.357 e. The topological polar surface area (TPSA) is 82.6 Å². The van der Waals surface area contributed by atoms with Crippen LogP contribution in [0, 0.1) is 12.7 Å². The van der Waals surface area contributed by atoms with Gasteiger partial charge in [-0.15, -0.1) is 0 Å². The van der Waals surface area contributed by atoms with Gasteiger partial charge in [0.1, 0.15) is 5.82 Å². The van der Waals surface area contributed by atoms with Crippen molar-refractivity contribution < 1.29 is 12.8 Å². The highest BCUT2D eigenvalue weighted by molar-refractivity contribution is 7.92. The van der Waals surface area contributed by atoms with Crippen LogP contribution < -0.4 is 15.4 Å². The number of hydrogen-bond acceptors (Lipinski definition) is 3. The van der Waals surface area contributed by atoms with Crippen molar-refractivity contribution in [1.82, 2.24) is 10.6 Å². The fraction of sp³-hybridized carbons (Fsp3) is 0.533. The molecule has 0 spiro atoms. The molecule has 1 saturated carbocycles. The van der Waals surface area contributed by atoms with E-state index in [9.17, 15) is 12.8 Å². The average molecular weight is 342 g/mol. The van der Waals surface area contributed by atoms with Crippen molar-refractivity contribution in [2.45, 2.75) is 32.7 Å². The summed E-state index contributed by atoms with van der Waals surface area (Å²) in [5.74, 6) is 0.0295. The monoisotopic (exact) mass is 342 g/mol. The normalized spacial score (nSPS) is 15.3. The Morgan fingerprint density at radius 3 is 2.74 bits per heavy atom. The van der Waals surface area contributed by atoms with Gasteiger partial charge >= 0.3 is 0 Å². The molecule has 1 aliphatic rings. The number of anilines is 1. The number of nitrogens with zero attached hydrogens (tertiary/aromatic N) is 1. The van der Waals surface area contributed by atoms with Crippen molar-refractivity contribution in [2.24, 2.45) is 4.99 Å². The van der Waals surface area contributed by atoms with Crippen molar-refractivity contribution in [3.63, 3.8) is 0 Å². The lowest BCUT2D eigenvalue weighted by Crippen LogP contribution is -2.39. The molecule has 0 amide bonds. The second-order valence-electron chi connectivity index (χ2n) is 5.56. The van der Waals surface area contributed by atoms with E-state index in [0.717, 1.165) is 12.8 Å². The lowest BCUT2D eigenvalue weighted by atomic mass is 10.2. The largest absolute Gasteiger partial charge is 0.357 e. The molecule has 1 aliphatic carbocycles. The van der Waals surface area contributed by atoms with E-state index in [1.165, 1.54) is 18.2 Å². The highest BCUT2D eigenvalue weighted by Crippen LogP contribution is 2.18. The first-order valence-corrected chi connectivity index (χ1v) is 9.36. The molecule has 0 radical (unpaired) electrons. The van der Waals surface area contributed by atoms with Crippen LogP contribution in [0.2, 0.25) is 0 Å². The molecule has 0 bridgehead atoms. The van der Waals surface area contributed by atoms with Gasteiger partial charge in [0.25, 0.3) is 0 Å². The maximum absolute atomic E-state index is 13.5. The summed E-state index contributed by atoms with van der Waals surface area (Å²) in [6.07, 6.45) is 2.23. The Balaban J connectivity index is 1.90. The molecular formula is C15H23FN4O2S. The molecule has 6 nitrogen and oxygen atoms in total. The third-order valence-electron chi connectivity index (χ3n) is 3.34. The highest BCUT2D eigenvalue weighted by atomic mass is 32.2. The SMILES string of the molecule is CCNC(=NCCS(=O)(=O)Nc1ccc(C)c(F)c1)NC1CC1. The van der Waals surface area contributed by atoms with E-state index in [0.29, 0.717) is 24.1 Å². The van der Waals surface area contributed by atoms with E-state index in [4.69, 9.17) is 0 Å². The van der Waals surface area contributed by atoms with Crippen molar-refractivity contribution in [3.8, 4) is 0 Å². The molecule has 128 valence electrons. The predicted molar refractivity (Wildman–Crippen MR) is 90.7 cm³/mol. The summed E-state index contributed by atoms with van der Waals surface area (Å²) in [6.45, 7) is 4.42. The maximum atomic E-state index is 13.5. The summed E-state index contributed by atoms with van der Waals surface area (Å²) in [5.41, 5.74) is 0.694. The minimum absolute atomic E-state index is 0.131. The fourth-order valence-corrected chi connectivity index (χ4v) is 2.83. The Kier molecular flexibility index (Phi) is 5.81. The number of sulfonamides is 1. The van der Waals surface area contributed by atoms with Gasteiger partial charge in [0.15, 0.2) is 5.96 Å². The van der Waals surface area contributed by atoms with Gasteiger partial charge in [-0.05, 0) is 44.4 Å².